The molecule has 0 saturated carbocycles. The number of aliphatic imine (C=N–C) groups is 1. The van der Waals surface area contributed by atoms with Gasteiger partial charge in [0.1, 0.15) is 11.2 Å². The smallest absolute Gasteiger partial charge is 0.267 e. The molecule has 0 saturated heterocycles. The molecule has 144 valence electrons. The van der Waals surface area contributed by atoms with Crippen LogP contribution in [-0.2, 0) is 20.2 Å². The van der Waals surface area contributed by atoms with E-state index in [0.717, 1.165) is 21.3 Å². The summed E-state index contributed by atoms with van der Waals surface area (Å²) in [6, 6.07) is 14.5. The standard InChI is InChI=1S/C21H21N3O3S/c1-21(2)16-8-4-6-10-18(16)23(3)20(21)12-15(25)13-24-14-22-17-9-5-7-11-19(17)28(24,26)27/h4-12,14H,13H2,1-3H3. The lowest BCUT2D eigenvalue weighted by Gasteiger charge is -2.25. The molecular weight excluding hydrogens is 374 g/mol. The molecule has 0 radical (unpaired) electrons. The van der Waals surface area contributed by atoms with Crippen molar-refractivity contribution in [2.75, 3.05) is 18.5 Å². The van der Waals surface area contributed by atoms with E-state index < -0.39 is 10.0 Å². The van der Waals surface area contributed by atoms with Gasteiger partial charge < -0.3 is 4.90 Å². The third kappa shape index (κ3) is 2.74. The number of ketones is 1. The van der Waals surface area contributed by atoms with Crippen molar-refractivity contribution in [2.45, 2.75) is 24.2 Å². The topological polar surface area (TPSA) is 70.1 Å². The number of para-hydroxylation sites is 2. The predicted molar refractivity (Wildman–Crippen MR) is 109 cm³/mol. The lowest BCUT2D eigenvalue weighted by molar-refractivity contribution is -0.114. The average Bonchev–Trinajstić information content (AvgIpc) is 2.85. The van der Waals surface area contributed by atoms with Gasteiger partial charge in [-0.15, -0.1) is 0 Å². The SMILES string of the molecule is CN1C(=CC(=O)CN2C=Nc3ccccc3S2(=O)=O)C(C)(C)c2ccccc21. The number of rotatable bonds is 3. The van der Waals surface area contributed by atoms with Gasteiger partial charge in [0.25, 0.3) is 10.0 Å². The fourth-order valence-electron chi connectivity index (χ4n) is 3.83. The van der Waals surface area contributed by atoms with E-state index in [9.17, 15) is 13.2 Å². The lowest BCUT2D eigenvalue weighted by Crippen LogP contribution is -2.36. The summed E-state index contributed by atoms with van der Waals surface area (Å²) in [5.74, 6) is -0.294. The number of fused-ring (bicyclic) bond motifs is 2. The van der Waals surface area contributed by atoms with Crippen molar-refractivity contribution >= 4 is 33.5 Å². The maximum Gasteiger partial charge on any atom is 0.267 e. The predicted octanol–water partition coefficient (Wildman–Crippen LogP) is 3.23. The first-order chi connectivity index (χ1) is 13.2. The molecule has 4 rings (SSSR count). The Kier molecular flexibility index (Phi) is 4.15. The second-order valence-corrected chi connectivity index (χ2v) is 9.32. The van der Waals surface area contributed by atoms with Gasteiger partial charge >= 0.3 is 0 Å². The van der Waals surface area contributed by atoms with E-state index in [1.807, 2.05) is 30.1 Å². The zero-order valence-corrected chi connectivity index (χ0v) is 16.8. The molecule has 0 amide bonds. The lowest BCUT2D eigenvalue weighted by atomic mass is 9.83. The van der Waals surface area contributed by atoms with E-state index >= 15 is 0 Å². The molecule has 2 aliphatic heterocycles. The molecule has 0 aromatic heterocycles. The number of hydrogen-bond donors (Lipinski definition) is 0. The molecule has 7 heteroatoms. The number of benzene rings is 2. The molecule has 0 atom stereocenters. The molecule has 0 spiro atoms. The molecule has 2 heterocycles. The number of likely N-dealkylation sites (N-methyl/N-ethyl adjacent to an activating group) is 1. The van der Waals surface area contributed by atoms with E-state index in [2.05, 4.69) is 24.9 Å². The largest absolute Gasteiger partial charge is 0.347 e. The quantitative estimate of drug-likeness (QED) is 0.748. The Balaban J connectivity index is 1.63. The summed E-state index contributed by atoms with van der Waals surface area (Å²) in [5, 5.41) is 0. The van der Waals surface area contributed by atoms with Crippen LogP contribution in [0.5, 0.6) is 0 Å². The molecule has 0 N–H and O–H groups in total. The van der Waals surface area contributed by atoms with Crippen LogP contribution in [0.1, 0.15) is 19.4 Å². The van der Waals surface area contributed by atoms with Crippen molar-refractivity contribution in [1.29, 1.82) is 0 Å². The maximum absolute atomic E-state index is 12.8. The van der Waals surface area contributed by atoms with Crippen LogP contribution in [0.4, 0.5) is 11.4 Å². The summed E-state index contributed by atoms with van der Waals surface area (Å²) in [7, 11) is -1.87. The van der Waals surface area contributed by atoms with Crippen LogP contribution >= 0.6 is 0 Å². The fourth-order valence-corrected chi connectivity index (χ4v) is 5.19. The van der Waals surface area contributed by atoms with E-state index in [4.69, 9.17) is 0 Å². The Morgan fingerprint density at radius 1 is 1.11 bits per heavy atom. The minimum absolute atomic E-state index is 0.115. The molecule has 0 bridgehead atoms. The molecule has 2 aromatic rings. The normalized spacial score (nSPS) is 20.2. The third-order valence-electron chi connectivity index (χ3n) is 5.33. The highest BCUT2D eigenvalue weighted by molar-refractivity contribution is 7.89. The zero-order chi connectivity index (χ0) is 20.1. The van der Waals surface area contributed by atoms with Crippen molar-refractivity contribution in [3.05, 3.63) is 65.9 Å². The zero-order valence-electron chi connectivity index (χ0n) is 16.0. The molecular formula is C21H21N3O3S. The highest BCUT2D eigenvalue weighted by Gasteiger charge is 2.39. The molecule has 2 aliphatic rings. The average molecular weight is 395 g/mol. The first-order valence-electron chi connectivity index (χ1n) is 8.96. The molecule has 2 aromatic carbocycles. The second kappa shape index (κ2) is 6.31. The Hall–Kier alpha value is -2.93. The minimum atomic E-state index is -3.79. The van der Waals surface area contributed by atoms with Gasteiger partial charge in [0, 0.05) is 29.9 Å². The van der Waals surface area contributed by atoms with Crippen molar-refractivity contribution in [1.82, 2.24) is 4.31 Å². The molecule has 0 aliphatic carbocycles. The van der Waals surface area contributed by atoms with Crippen LogP contribution in [0.3, 0.4) is 0 Å². The monoisotopic (exact) mass is 395 g/mol. The van der Waals surface area contributed by atoms with Crippen LogP contribution in [0.2, 0.25) is 0 Å². The number of hydrogen-bond acceptors (Lipinski definition) is 5. The maximum atomic E-state index is 12.8. The number of carbonyl (C=O) groups is 1. The number of allylic oxidation sites excluding steroid dienone is 1. The van der Waals surface area contributed by atoms with Crippen LogP contribution in [0.15, 0.2) is 70.2 Å². The Morgan fingerprint density at radius 2 is 1.79 bits per heavy atom. The number of sulfonamides is 1. The third-order valence-corrected chi connectivity index (χ3v) is 7.07. The van der Waals surface area contributed by atoms with Gasteiger partial charge in [0.2, 0.25) is 0 Å². The fraction of sp³-hybridized carbons (Fsp3) is 0.238. The summed E-state index contributed by atoms with van der Waals surface area (Å²) in [5.41, 5.74) is 3.06. The number of nitrogens with zero attached hydrogens (tertiary/aromatic N) is 3. The van der Waals surface area contributed by atoms with Crippen LogP contribution in [0.25, 0.3) is 0 Å². The van der Waals surface area contributed by atoms with Crippen LogP contribution in [-0.4, -0.2) is 38.4 Å². The Morgan fingerprint density at radius 3 is 2.54 bits per heavy atom. The second-order valence-electron chi connectivity index (χ2n) is 7.46. The number of anilines is 1. The Labute approximate surface area is 164 Å². The first kappa shape index (κ1) is 18.4. The summed E-state index contributed by atoms with van der Waals surface area (Å²) in [6.07, 6.45) is 2.76. The van der Waals surface area contributed by atoms with Crippen molar-refractivity contribution in [3.8, 4) is 0 Å². The van der Waals surface area contributed by atoms with Gasteiger partial charge in [-0.2, -0.15) is 0 Å². The first-order valence-corrected chi connectivity index (χ1v) is 10.4. The van der Waals surface area contributed by atoms with Crippen LogP contribution < -0.4 is 4.90 Å². The van der Waals surface area contributed by atoms with Crippen molar-refractivity contribution < 1.29 is 13.2 Å². The summed E-state index contributed by atoms with van der Waals surface area (Å²) in [6.45, 7) is 3.83. The minimum Gasteiger partial charge on any atom is -0.347 e. The van der Waals surface area contributed by atoms with E-state index in [1.54, 1.807) is 24.3 Å². The van der Waals surface area contributed by atoms with Crippen LogP contribution in [0, 0.1) is 0 Å². The van der Waals surface area contributed by atoms with Gasteiger partial charge in [-0.25, -0.2) is 17.7 Å². The highest BCUT2D eigenvalue weighted by Crippen LogP contribution is 2.46. The summed E-state index contributed by atoms with van der Waals surface area (Å²) < 4.78 is 26.6. The van der Waals surface area contributed by atoms with Gasteiger partial charge in [-0.1, -0.05) is 44.2 Å². The molecule has 0 fully saturated rings. The Bertz CT molecular complexity index is 1130. The molecule has 6 nitrogen and oxygen atoms in total. The van der Waals surface area contributed by atoms with E-state index in [1.165, 1.54) is 12.4 Å². The van der Waals surface area contributed by atoms with E-state index in [-0.39, 0.29) is 22.6 Å². The van der Waals surface area contributed by atoms with Gasteiger partial charge in [-0.3, -0.25) is 4.79 Å². The summed E-state index contributed by atoms with van der Waals surface area (Å²) >= 11 is 0. The number of carbonyl (C=O) groups excluding carboxylic acids is 1. The van der Waals surface area contributed by atoms with Crippen molar-refractivity contribution in [2.24, 2.45) is 4.99 Å². The molecule has 0 unspecified atom stereocenters. The molecule has 28 heavy (non-hydrogen) atoms. The highest BCUT2D eigenvalue weighted by atomic mass is 32.2. The van der Waals surface area contributed by atoms with Gasteiger partial charge in [-0.05, 0) is 23.8 Å². The van der Waals surface area contributed by atoms with E-state index in [0.29, 0.717) is 5.69 Å². The van der Waals surface area contributed by atoms with Crippen molar-refractivity contribution in [3.63, 3.8) is 0 Å². The summed E-state index contributed by atoms with van der Waals surface area (Å²) in [4.78, 5) is 19.1. The van der Waals surface area contributed by atoms with Gasteiger partial charge in [0.15, 0.2) is 5.78 Å². The van der Waals surface area contributed by atoms with Gasteiger partial charge in [0.05, 0.1) is 12.2 Å².